The van der Waals surface area contributed by atoms with Crippen molar-refractivity contribution in [1.29, 1.82) is 0 Å². The number of hydrogen-bond acceptors (Lipinski definition) is 4. The fourth-order valence-electron chi connectivity index (χ4n) is 4.01. The number of aryl methyl sites for hydroxylation is 4. The first kappa shape index (κ1) is 19.1. The van der Waals surface area contributed by atoms with Crippen molar-refractivity contribution >= 4 is 23.5 Å². The molecule has 0 unspecified atom stereocenters. The average Bonchev–Trinajstić information content (AvgIpc) is 2.64. The first-order valence-electron chi connectivity index (χ1n) is 9.94. The van der Waals surface area contributed by atoms with Crippen LogP contribution in [-0.2, 0) is 12.8 Å². The zero-order chi connectivity index (χ0) is 19.0. The molecule has 144 valence electrons. The lowest BCUT2D eigenvalue weighted by molar-refractivity contribution is 0.337. The van der Waals surface area contributed by atoms with Gasteiger partial charge in [-0.25, -0.2) is 0 Å². The van der Waals surface area contributed by atoms with Gasteiger partial charge in [-0.3, -0.25) is 0 Å². The van der Waals surface area contributed by atoms with E-state index >= 15 is 0 Å². The topological polar surface area (TPSA) is 18.5 Å². The van der Waals surface area contributed by atoms with Crippen molar-refractivity contribution in [3.63, 3.8) is 0 Å². The van der Waals surface area contributed by atoms with E-state index in [0.29, 0.717) is 0 Å². The Labute approximate surface area is 171 Å². The highest BCUT2D eigenvalue weighted by molar-refractivity contribution is 8.18. The molecule has 0 bridgehead atoms. The average molecular weight is 401 g/mol. The van der Waals surface area contributed by atoms with Crippen LogP contribution in [0.1, 0.15) is 48.9 Å². The lowest BCUT2D eigenvalue weighted by Crippen LogP contribution is -2.28. The fourth-order valence-corrected chi connectivity index (χ4v) is 7.39. The van der Waals surface area contributed by atoms with E-state index in [0.717, 1.165) is 37.6 Å². The molecule has 0 saturated carbocycles. The van der Waals surface area contributed by atoms with Crippen LogP contribution in [-0.4, -0.2) is 17.3 Å². The Bertz CT molecular complexity index is 788. The molecule has 0 aromatic heterocycles. The van der Waals surface area contributed by atoms with Gasteiger partial charge in [-0.2, -0.15) is 0 Å². The summed E-state index contributed by atoms with van der Waals surface area (Å²) in [6.45, 7) is 9.89. The highest BCUT2D eigenvalue weighted by Crippen LogP contribution is 2.58. The van der Waals surface area contributed by atoms with Gasteiger partial charge in [0.05, 0.1) is 17.3 Å². The summed E-state index contributed by atoms with van der Waals surface area (Å²) in [6, 6.07) is 9.22. The molecule has 2 aliphatic heterocycles. The van der Waals surface area contributed by atoms with E-state index in [1.54, 1.807) is 0 Å². The molecule has 2 aromatic rings. The third kappa shape index (κ3) is 3.71. The van der Waals surface area contributed by atoms with Crippen molar-refractivity contribution < 1.29 is 9.47 Å². The van der Waals surface area contributed by atoms with Crippen molar-refractivity contribution in [3.05, 3.63) is 46.5 Å². The van der Waals surface area contributed by atoms with Gasteiger partial charge >= 0.3 is 0 Å². The highest BCUT2D eigenvalue weighted by atomic mass is 32.2. The minimum absolute atomic E-state index is 0.263. The standard InChI is InChI=1S/C23H28O2S2/c1-5-24-19-13-17-7-9-23(26-21(17)11-15(19)3)10-8-18-14-20(25-6-2)16(4)12-22(18)27-23/h11-14H,5-10H2,1-4H3. The minimum atomic E-state index is 0.263. The van der Waals surface area contributed by atoms with Crippen LogP contribution in [0.2, 0.25) is 0 Å². The van der Waals surface area contributed by atoms with Crippen molar-refractivity contribution in [2.24, 2.45) is 0 Å². The van der Waals surface area contributed by atoms with Gasteiger partial charge in [0.15, 0.2) is 0 Å². The molecule has 0 N–H and O–H groups in total. The summed E-state index contributed by atoms with van der Waals surface area (Å²) in [6.07, 6.45) is 4.72. The number of thioether (sulfide) groups is 2. The molecule has 0 aliphatic carbocycles. The maximum atomic E-state index is 5.80. The molecule has 4 heteroatoms. The molecule has 2 nitrogen and oxygen atoms in total. The first-order chi connectivity index (χ1) is 13.0. The lowest BCUT2D eigenvalue weighted by Gasteiger charge is -2.40. The van der Waals surface area contributed by atoms with Crippen molar-refractivity contribution in [3.8, 4) is 11.5 Å². The summed E-state index contributed by atoms with van der Waals surface area (Å²) < 4.78 is 11.9. The monoisotopic (exact) mass is 400 g/mol. The smallest absolute Gasteiger partial charge is 0.122 e. The molecule has 0 saturated heterocycles. The van der Waals surface area contributed by atoms with Crippen LogP contribution in [0.15, 0.2) is 34.1 Å². The van der Waals surface area contributed by atoms with E-state index < -0.39 is 0 Å². The molecule has 4 rings (SSSR count). The van der Waals surface area contributed by atoms with E-state index in [1.807, 2.05) is 0 Å². The van der Waals surface area contributed by atoms with E-state index in [9.17, 15) is 0 Å². The van der Waals surface area contributed by atoms with Gasteiger partial charge in [0.25, 0.3) is 0 Å². The fraction of sp³-hybridized carbons (Fsp3) is 0.478. The summed E-state index contributed by atoms with van der Waals surface area (Å²) in [5, 5.41) is 0. The van der Waals surface area contributed by atoms with Gasteiger partial charge in [0, 0.05) is 9.79 Å². The predicted octanol–water partition coefficient (Wildman–Crippen LogP) is 6.57. The maximum Gasteiger partial charge on any atom is 0.122 e. The summed E-state index contributed by atoms with van der Waals surface area (Å²) in [4.78, 5) is 2.89. The molecule has 2 heterocycles. The summed E-state index contributed by atoms with van der Waals surface area (Å²) in [5.41, 5.74) is 5.40. The van der Waals surface area contributed by atoms with Crippen molar-refractivity contribution in [2.45, 2.75) is 67.2 Å². The van der Waals surface area contributed by atoms with Crippen molar-refractivity contribution in [2.75, 3.05) is 13.2 Å². The third-order valence-corrected chi connectivity index (χ3v) is 8.72. The van der Waals surface area contributed by atoms with Crippen molar-refractivity contribution in [1.82, 2.24) is 0 Å². The second-order valence-corrected chi connectivity index (χ2v) is 10.5. The molecule has 2 aromatic carbocycles. The molecule has 0 radical (unpaired) electrons. The summed E-state index contributed by atoms with van der Waals surface area (Å²) in [5.74, 6) is 2.10. The molecule has 0 fully saturated rings. The molecule has 0 atom stereocenters. The molecule has 2 aliphatic rings. The largest absolute Gasteiger partial charge is 0.494 e. The van der Waals surface area contributed by atoms with E-state index in [1.165, 1.54) is 44.9 Å². The van der Waals surface area contributed by atoms with Gasteiger partial charge in [-0.05, 0) is 99.9 Å². The molecule has 27 heavy (non-hydrogen) atoms. The minimum Gasteiger partial charge on any atom is -0.494 e. The Morgan fingerprint density at radius 3 is 1.63 bits per heavy atom. The van der Waals surface area contributed by atoms with Gasteiger partial charge in [-0.15, -0.1) is 23.5 Å². The SMILES string of the molecule is CCOc1cc2c(cc1C)SC1(CC2)CCc2cc(OCC)c(C)cc2S1. The first-order valence-corrected chi connectivity index (χ1v) is 11.6. The van der Waals surface area contributed by atoms with Gasteiger partial charge in [0.1, 0.15) is 11.5 Å². The summed E-state index contributed by atoms with van der Waals surface area (Å²) in [7, 11) is 0. The van der Waals surface area contributed by atoms with Crippen LogP contribution >= 0.6 is 23.5 Å². The Morgan fingerprint density at radius 2 is 1.22 bits per heavy atom. The zero-order valence-electron chi connectivity index (χ0n) is 16.7. The number of ether oxygens (including phenoxy) is 2. The molecular formula is C23H28O2S2. The predicted molar refractivity (Wildman–Crippen MR) is 116 cm³/mol. The van der Waals surface area contributed by atoms with E-state index in [-0.39, 0.29) is 4.08 Å². The van der Waals surface area contributed by atoms with E-state index in [4.69, 9.17) is 9.47 Å². The number of benzene rings is 2. The van der Waals surface area contributed by atoms with Gasteiger partial charge < -0.3 is 9.47 Å². The number of hydrogen-bond donors (Lipinski definition) is 0. The third-order valence-electron chi connectivity index (χ3n) is 5.46. The Balaban J connectivity index is 1.60. The zero-order valence-corrected chi connectivity index (χ0v) is 18.3. The second-order valence-electron chi connectivity index (χ2n) is 7.43. The van der Waals surface area contributed by atoms with Crippen LogP contribution < -0.4 is 9.47 Å². The van der Waals surface area contributed by atoms with Crippen LogP contribution in [0.25, 0.3) is 0 Å². The Hall–Kier alpha value is -1.26. The highest BCUT2D eigenvalue weighted by Gasteiger charge is 2.40. The normalized spacial score (nSPS) is 17.3. The molecular weight excluding hydrogens is 372 g/mol. The number of fused-ring (bicyclic) bond motifs is 2. The van der Waals surface area contributed by atoms with E-state index in [2.05, 4.69) is 75.5 Å². The quantitative estimate of drug-likeness (QED) is 0.577. The van der Waals surface area contributed by atoms with Crippen LogP contribution in [0.3, 0.4) is 0 Å². The lowest BCUT2D eigenvalue weighted by atomic mass is 9.99. The van der Waals surface area contributed by atoms with Crippen LogP contribution in [0, 0.1) is 13.8 Å². The maximum absolute atomic E-state index is 5.80. The second kappa shape index (κ2) is 7.63. The summed E-state index contributed by atoms with van der Waals surface area (Å²) >= 11 is 4.16. The van der Waals surface area contributed by atoms with Crippen LogP contribution in [0.4, 0.5) is 0 Å². The molecule has 1 spiro atoms. The van der Waals surface area contributed by atoms with Crippen LogP contribution in [0.5, 0.6) is 11.5 Å². The van der Waals surface area contributed by atoms with Gasteiger partial charge in [-0.1, -0.05) is 0 Å². The Morgan fingerprint density at radius 1 is 0.778 bits per heavy atom. The molecule has 0 amide bonds. The van der Waals surface area contributed by atoms with Gasteiger partial charge in [0.2, 0.25) is 0 Å². The Kier molecular flexibility index (Phi) is 5.39. The number of rotatable bonds is 4.